The van der Waals surface area contributed by atoms with Crippen molar-refractivity contribution in [2.45, 2.75) is 26.7 Å². The van der Waals surface area contributed by atoms with Crippen molar-refractivity contribution < 1.29 is 4.74 Å². The average molecular weight is 305 g/mol. The zero-order chi connectivity index (χ0) is 15.9. The van der Waals surface area contributed by atoms with Gasteiger partial charge in [-0.05, 0) is 50.0 Å². The predicted molar refractivity (Wildman–Crippen MR) is 93.4 cm³/mol. The van der Waals surface area contributed by atoms with Crippen LogP contribution in [0.15, 0.2) is 18.2 Å². The molecule has 0 atom stereocenters. The number of hydrogen-bond donors (Lipinski definition) is 1. The minimum atomic E-state index is 0.516. The van der Waals surface area contributed by atoms with Gasteiger partial charge in [0.2, 0.25) is 0 Å². The van der Waals surface area contributed by atoms with Crippen molar-refractivity contribution in [3.8, 4) is 5.75 Å². The second-order valence-corrected chi connectivity index (χ2v) is 6.83. The summed E-state index contributed by atoms with van der Waals surface area (Å²) in [6.45, 7) is 10.9. The van der Waals surface area contributed by atoms with Crippen LogP contribution < -0.4 is 10.5 Å². The van der Waals surface area contributed by atoms with Gasteiger partial charge >= 0.3 is 0 Å². The Morgan fingerprint density at radius 2 is 1.91 bits per heavy atom. The van der Waals surface area contributed by atoms with Crippen LogP contribution in [0.2, 0.25) is 0 Å². The second kappa shape index (κ2) is 8.39. The summed E-state index contributed by atoms with van der Waals surface area (Å²) in [5, 5.41) is 0. The molecule has 1 fully saturated rings. The van der Waals surface area contributed by atoms with E-state index in [4.69, 9.17) is 10.5 Å². The first-order valence-electron chi connectivity index (χ1n) is 8.46. The molecule has 0 spiro atoms. The van der Waals surface area contributed by atoms with E-state index in [9.17, 15) is 0 Å². The molecule has 4 nitrogen and oxygen atoms in total. The lowest BCUT2D eigenvalue weighted by molar-refractivity contribution is 0.153. The van der Waals surface area contributed by atoms with E-state index < -0.39 is 0 Å². The van der Waals surface area contributed by atoms with Crippen LogP contribution in [0.5, 0.6) is 5.75 Å². The Balaban J connectivity index is 1.75. The fourth-order valence-corrected chi connectivity index (χ4v) is 2.72. The number of nitrogen functional groups attached to an aromatic ring is 1. The lowest BCUT2D eigenvalue weighted by Crippen LogP contribution is -2.44. The number of aryl methyl sites for hydroxylation is 1. The van der Waals surface area contributed by atoms with Gasteiger partial charge in [-0.25, -0.2) is 0 Å². The van der Waals surface area contributed by atoms with Crippen LogP contribution in [0.3, 0.4) is 0 Å². The van der Waals surface area contributed by atoms with Crippen molar-refractivity contribution in [1.29, 1.82) is 0 Å². The molecule has 1 aromatic carbocycles. The van der Waals surface area contributed by atoms with Crippen LogP contribution in [0.4, 0.5) is 5.69 Å². The van der Waals surface area contributed by atoms with Gasteiger partial charge in [0.25, 0.3) is 0 Å². The number of piperazine rings is 1. The largest absolute Gasteiger partial charge is 0.491 e. The minimum absolute atomic E-state index is 0.516. The maximum Gasteiger partial charge on any atom is 0.142 e. The Morgan fingerprint density at radius 3 is 2.55 bits per heavy atom. The number of hydrogen-bond acceptors (Lipinski definition) is 4. The highest BCUT2D eigenvalue weighted by Crippen LogP contribution is 2.23. The highest BCUT2D eigenvalue weighted by Gasteiger charge is 2.13. The molecule has 4 heteroatoms. The van der Waals surface area contributed by atoms with Crippen molar-refractivity contribution in [2.75, 3.05) is 52.1 Å². The third kappa shape index (κ3) is 5.50. The Morgan fingerprint density at radius 1 is 1.18 bits per heavy atom. The Kier molecular flexibility index (Phi) is 6.52. The molecule has 22 heavy (non-hydrogen) atoms. The maximum absolute atomic E-state index is 6.10. The van der Waals surface area contributed by atoms with Crippen LogP contribution in [-0.2, 0) is 6.42 Å². The molecule has 0 aliphatic carbocycles. The molecule has 1 aromatic rings. The number of ether oxygens (including phenoxy) is 1. The third-order valence-electron chi connectivity index (χ3n) is 4.18. The van der Waals surface area contributed by atoms with E-state index in [0.29, 0.717) is 12.5 Å². The van der Waals surface area contributed by atoms with Crippen LogP contribution in [0.25, 0.3) is 0 Å². The molecule has 1 aliphatic rings. The summed E-state index contributed by atoms with van der Waals surface area (Å²) in [5.74, 6) is 1.33. The highest BCUT2D eigenvalue weighted by molar-refractivity contribution is 5.54. The lowest BCUT2D eigenvalue weighted by Gasteiger charge is -2.32. The number of likely N-dealkylation sites (N-methyl/N-ethyl adjacent to an activating group) is 1. The number of nitrogens with zero attached hydrogens (tertiary/aromatic N) is 2. The van der Waals surface area contributed by atoms with E-state index in [1.807, 2.05) is 6.07 Å². The van der Waals surface area contributed by atoms with Crippen molar-refractivity contribution in [1.82, 2.24) is 9.80 Å². The molecule has 0 unspecified atom stereocenters. The predicted octanol–water partition coefficient (Wildman–Crippen LogP) is 2.48. The quantitative estimate of drug-likeness (QED) is 0.786. The van der Waals surface area contributed by atoms with Gasteiger partial charge in [-0.15, -0.1) is 0 Å². The zero-order valence-electron chi connectivity index (χ0n) is 14.3. The minimum Gasteiger partial charge on any atom is -0.491 e. The second-order valence-electron chi connectivity index (χ2n) is 6.83. The standard InChI is InChI=1S/C18H31N3O/c1-15(2)14-22-18-7-6-16(13-17(18)19)5-4-8-21-11-9-20(3)10-12-21/h6-7,13,15H,4-5,8-12,14,19H2,1-3H3. The van der Waals surface area contributed by atoms with Gasteiger partial charge in [0, 0.05) is 26.2 Å². The van der Waals surface area contributed by atoms with Crippen LogP contribution in [0.1, 0.15) is 25.8 Å². The van der Waals surface area contributed by atoms with E-state index >= 15 is 0 Å². The van der Waals surface area contributed by atoms with Crippen LogP contribution in [0, 0.1) is 5.92 Å². The van der Waals surface area contributed by atoms with Crippen LogP contribution >= 0.6 is 0 Å². The molecule has 2 N–H and O–H groups in total. The first kappa shape index (κ1) is 17.1. The number of nitrogens with two attached hydrogens (primary N) is 1. The molecular formula is C18H31N3O. The molecule has 0 aromatic heterocycles. The summed E-state index contributed by atoms with van der Waals surface area (Å²) in [6.07, 6.45) is 2.27. The smallest absolute Gasteiger partial charge is 0.142 e. The zero-order valence-corrected chi connectivity index (χ0v) is 14.3. The topological polar surface area (TPSA) is 41.7 Å². The first-order chi connectivity index (χ1) is 10.5. The molecule has 0 radical (unpaired) electrons. The van der Waals surface area contributed by atoms with Crippen molar-refractivity contribution in [3.05, 3.63) is 23.8 Å². The van der Waals surface area contributed by atoms with Crippen molar-refractivity contribution >= 4 is 5.69 Å². The fraction of sp³-hybridized carbons (Fsp3) is 0.667. The molecule has 1 heterocycles. The van der Waals surface area contributed by atoms with E-state index in [1.165, 1.54) is 44.7 Å². The summed E-state index contributed by atoms with van der Waals surface area (Å²) in [6, 6.07) is 6.23. The van der Waals surface area contributed by atoms with E-state index in [-0.39, 0.29) is 0 Å². The van der Waals surface area contributed by atoms with Gasteiger partial charge in [-0.1, -0.05) is 19.9 Å². The summed E-state index contributed by atoms with van der Waals surface area (Å²) in [5.41, 5.74) is 8.17. The Hall–Kier alpha value is -1.26. The Bertz CT molecular complexity index is 454. The number of anilines is 1. The van der Waals surface area contributed by atoms with E-state index in [1.54, 1.807) is 0 Å². The van der Waals surface area contributed by atoms with Crippen molar-refractivity contribution in [3.63, 3.8) is 0 Å². The van der Waals surface area contributed by atoms with Gasteiger partial charge in [0.15, 0.2) is 0 Å². The van der Waals surface area contributed by atoms with Gasteiger partial charge in [0.1, 0.15) is 5.75 Å². The normalized spacial score (nSPS) is 17.1. The monoisotopic (exact) mass is 305 g/mol. The highest BCUT2D eigenvalue weighted by atomic mass is 16.5. The summed E-state index contributed by atoms with van der Waals surface area (Å²) in [4.78, 5) is 4.95. The molecule has 1 aliphatic heterocycles. The molecule has 0 bridgehead atoms. The third-order valence-corrected chi connectivity index (χ3v) is 4.18. The van der Waals surface area contributed by atoms with Gasteiger partial charge < -0.3 is 20.3 Å². The molecule has 0 saturated carbocycles. The SMILES string of the molecule is CC(C)COc1ccc(CCCN2CCN(C)CC2)cc1N. The molecular weight excluding hydrogens is 274 g/mol. The van der Waals surface area contributed by atoms with E-state index in [2.05, 4.69) is 42.8 Å². The molecule has 0 amide bonds. The molecule has 124 valence electrons. The molecule has 2 rings (SSSR count). The van der Waals surface area contributed by atoms with Crippen LogP contribution in [-0.4, -0.2) is 56.2 Å². The first-order valence-corrected chi connectivity index (χ1v) is 8.46. The van der Waals surface area contributed by atoms with E-state index in [0.717, 1.165) is 17.9 Å². The van der Waals surface area contributed by atoms with Gasteiger partial charge in [0.05, 0.1) is 12.3 Å². The number of rotatable bonds is 7. The summed E-state index contributed by atoms with van der Waals surface area (Å²) < 4.78 is 5.73. The summed E-state index contributed by atoms with van der Waals surface area (Å²) >= 11 is 0. The average Bonchev–Trinajstić information content (AvgIpc) is 2.48. The maximum atomic E-state index is 6.10. The molecule has 1 saturated heterocycles. The van der Waals surface area contributed by atoms with Crippen molar-refractivity contribution in [2.24, 2.45) is 5.92 Å². The van der Waals surface area contributed by atoms with Gasteiger partial charge in [-0.3, -0.25) is 0 Å². The van der Waals surface area contributed by atoms with Gasteiger partial charge in [-0.2, -0.15) is 0 Å². The fourth-order valence-electron chi connectivity index (χ4n) is 2.72. The summed E-state index contributed by atoms with van der Waals surface area (Å²) in [7, 11) is 2.20. The number of benzene rings is 1. The lowest BCUT2D eigenvalue weighted by atomic mass is 10.1. The Labute approximate surface area is 135 Å².